The van der Waals surface area contributed by atoms with Crippen LogP contribution in [0.25, 0.3) is 0 Å². The fourth-order valence-corrected chi connectivity index (χ4v) is 1.91. The molecule has 0 aliphatic carbocycles. The molecule has 1 aromatic rings. The second-order valence-electron chi connectivity index (χ2n) is 4.99. The maximum atomic E-state index is 5.76. The van der Waals surface area contributed by atoms with Crippen LogP contribution in [-0.2, 0) is 0 Å². The Bertz CT molecular complexity index is 399. The van der Waals surface area contributed by atoms with Gasteiger partial charge in [0.15, 0.2) is 0 Å². The number of hydrogen-bond acceptors (Lipinski definition) is 2. The molecular weight excluding hydrogens is 228 g/mol. The zero-order valence-corrected chi connectivity index (χ0v) is 12.0. The summed E-state index contributed by atoms with van der Waals surface area (Å²) in [5, 5.41) is 0. The third-order valence-corrected chi connectivity index (χ3v) is 3.09. The van der Waals surface area contributed by atoms with Crippen LogP contribution in [0.2, 0.25) is 0 Å². The average Bonchev–Trinajstić information content (AvgIpc) is 2.25. The Hall–Kier alpha value is -1.09. The van der Waals surface area contributed by atoms with Crippen molar-refractivity contribution in [1.29, 1.82) is 0 Å². The van der Waals surface area contributed by atoms with Gasteiger partial charge in [0.2, 0.25) is 0 Å². The summed E-state index contributed by atoms with van der Waals surface area (Å²) in [6.45, 7) is 7.58. The molecule has 0 heterocycles. The van der Waals surface area contributed by atoms with E-state index in [1.165, 1.54) is 12.0 Å². The van der Waals surface area contributed by atoms with E-state index in [0.717, 1.165) is 17.8 Å². The van der Waals surface area contributed by atoms with E-state index in [1.807, 2.05) is 12.1 Å². The Kier molecular flexibility index (Phi) is 4.94. The average molecular weight is 250 g/mol. The van der Waals surface area contributed by atoms with E-state index in [1.54, 1.807) is 0 Å². The molecule has 0 aliphatic rings. The van der Waals surface area contributed by atoms with Gasteiger partial charge >= 0.3 is 0 Å². The van der Waals surface area contributed by atoms with Crippen molar-refractivity contribution in [1.82, 2.24) is 0 Å². The molecule has 0 radical (unpaired) electrons. The maximum Gasteiger partial charge on any atom is 0.106 e. The minimum atomic E-state index is 0.469. The maximum absolute atomic E-state index is 5.76. The summed E-state index contributed by atoms with van der Waals surface area (Å²) in [6.07, 6.45) is 1.17. The third kappa shape index (κ3) is 4.00. The van der Waals surface area contributed by atoms with E-state index in [9.17, 15) is 0 Å². The van der Waals surface area contributed by atoms with Crippen LogP contribution in [-0.4, -0.2) is 18.6 Å². The molecule has 0 fully saturated rings. The molecule has 17 heavy (non-hydrogen) atoms. The zero-order chi connectivity index (χ0) is 13.0. The molecular formula is C14H22N2S. The number of thiocarbonyl (C=S) groups is 1. The second kappa shape index (κ2) is 6.01. The number of nitrogens with zero attached hydrogens (tertiary/aromatic N) is 1. The van der Waals surface area contributed by atoms with Gasteiger partial charge in [0, 0.05) is 24.8 Å². The Morgan fingerprint density at radius 1 is 1.41 bits per heavy atom. The topological polar surface area (TPSA) is 29.3 Å². The third-order valence-electron chi connectivity index (χ3n) is 2.87. The van der Waals surface area contributed by atoms with Gasteiger partial charge in [0.05, 0.1) is 0 Å². The Labute approximate surface area is 110 Å². The summed E-state index contributed by atoms with van der Waals surface area (Å²) in [5.74, 6) is 0.704. The molecule has 0 atom stereocenters. The van der Waals surface area contributed by atoms with Gasteiger partial charge in [0.1, 0.15) is 4.99 Å². The van der Waals surface area contributed by atoms with Crippen LogP contribution < -0.4 is 10.6 Å². The molecule has 0 bridgehead atoms. The van der Waals surface area contributed by atoms with E-state index < -0.39 is 0 Å². The summed E-state index contributed by atoms with van der Waals surface area (Å²) in [5.41, 5.74) is 9.10. The first-order valence-electron chi connectivity index (χ1n) is 6.03. The smallest absolute Gasteiger partial charge is 0.106 e. The van der Waals surface area contributed by atoms with Gasteiger partial charge < -0.3 is 10.6 Å². The van der Waals surface area contributed by atoms with Crippen molar-refractivity contribution in [2.24, 2.45) is 11.7 Å². The molecule has 0 saturated carbocycles. The Balaban J connectivity index is 2.94. The lowest BCUT2D eigenvalue weighted by atomic mass is 10.1. The highest BCUT2D eigenvalue weighted by Crippen LogP contribution is 2.22. The quantitative estimate of drug-likeness (QED) is 0.814. The van der Waals surface area contributed by atoms with E-state index in [2.05, 4.69) is 38.8 Å². The van der Waals surface area contributed by atoms with Crippen molar-refractivity contribution in [2.45, 2.75) is 27.2 Å². The number of hydrogen-bond donors (Lipinski definition) is 1. The first-order valence-corrected chi connectivity index (χ1v) is 6.44. The SMILES string of the molecule is Cc1ccc(C(N)=S)c(N(C)CCC(C)C)c1. The van der Waals surface area contributed by atoms with Crippen LogP contribution in [0, 0.1) is 12.8 Å². The van der Waals surface area contributed by atoms with Gasteiger partial charge in [-0.3, -0.25) is 0 Å². The Morgan fingerprint density at radius 2 is 2.06 bits per heavy atom. The number of aryl methyl sites for hydroxylation is 1. The molecule has 94 valence electrons. The van der Waals surface area contributed by atoms with Crippen molar-refractivity contribution in [3.63, 3.8) is 0 Å². The van der Waals surface area contributed by atoms with Gasteiger partial charge in [-0.25, -0.2) is 0 Å². The van der Waals surface area contributed by atoms with Crippen LogP contribution in [0.3, 0.4) is 0 Å². The monoisotopic (exact) mass is 250 g/mol. The number of anilines is 1. The Morgan fingerprint density at radius 3 is 2.59 bits per heavy atom. The lowest BCUT2D eigenvalue weighted by Crippen LogP contribution is -2.24. The molecule has 1 aromatic carbocycles. The van der Waals surface area contributed by atoms with Crippen LogP contribution >= 0.6 is 12.2 Å². The first-order chi connectivity index (χ1) is 7.91. The summed E-state index contributed by atoms with van der Waals surface area (Å²) < 4.78 is 0. The van der Waals surface area contributed by atoms with Crippen molar-refractivity contribution in [3.8, 4) is 0 Å². The van der Waals surface area contributed by atoms with Crippen LogP contribution in [0.5, 0.6) is 0 Å². The summed E-state index contributed by atoms with van der Waals surface area (Å²) >= 11 is 5.10. The summed E-state index contributed by atoms with van der Waals surface area (Å²) in [4.78, 5) is 2.71. The fourth-order valence-electron chi connectivity index (χ4n) is 1.74. The van der Waals surface area contributed by atoms with Crippen LogP contribution in [0.1, 0.15) is 31.4 Å². The molecule has 0 spiro atoms. The van der Waals surface area contributed by atoms with Crippen molar-refractivity contribution in [2.75, 3.05) is 18.5 Å². The highest BCUT2D eigenvalue weighted by Gasteiger charge is 2.10. The van der Waals surface area contributed by atoms with Gasteiger partial charge in [-0.2, -0.15) is 0 Å². The fraction of sp³-hybridized carbons (Fsp3) is 0.500. The standard InChI is InChI=1S/C14H22N2S/c1-10(2)7-8-16(4)13-9-11(3)5-6-12(13)14(15)17/h5-6,9-10H,7-8H2,1-4H3,(H2,15,17). The van der Waals surface area contributed by atoms with Gasteiger partial charge in [-0.1, -0.05) is 32.1 Å². The highest BCUT2D eigenvalue weighted by atomic mass is 32.1. The molecule has 3 heteroatoms. The number of nitrogens with two attached hydrogens (primary N) is 1. The van der Waals surface area contributed by atoms with Crippen molar-refractivity contribution < 1.29 is 0 Å². The summed E-state index contributed by atoms with van der Waals surface area (Å²) in [6, 6.07) is 6.21. The van der Waals surface area contributed by atoms with Crippen molar-refractivity contribution in [3.05, 3.63) is 29.3 Å². The molecule has 0 unspecified atom stereocenters. The predicted molar refractivity (Wildman–Crippen MR) is 79.8 cm³/mol. The van der Waals surface area contributed by atoms with E-state index in [-0.39, 0.29) is 0 Å². The second-order valence-corrected chi connectivity index (χ2v) is 5.43. The lowest BCUT2D eigenvalue weighted by molar-refractivity contribution is 0.585. The minimum Gasteiger partial charge on any atom is -0.389 e. The zero-order valence-electron chi connectivity index (χ0n) is 11.2. The molecule has 0 amide bonds. The lowest BCUT2D eigenvalue weighted by Gasteiger charge is -2.23. The molecule has 0 saturated heterocycles. The highest BCUT2D eigenvalue weighted by molar-refractivity contribution is 7.80. The molecule has 0 aromatic heterocycles. The van der Waals surface area contributed by atoms with Crippen LogP contribution in [0.15, 0.2) is 18.2 Å². The normalized spacial score (nSPS) is 10.6. The molecule has 2 N–H and O–H groups in total. The van der Waals surface area contributed by atoms with Crippen LogP contribution in [0.4, 0.5) is 5.69 Å². The molecule has 2 nitrogen and oxygen atoms in total. The first kappa shape index (κ1) is 14.0. The van der Waals surface area contributed by atoms with Gasteiger partial charge in [0.25, 0.3) is 0 Å². The largest absolute Gasteiger partial charge is 0.389 e. The van der Waals surface area contributed by atoms with E-state index >= 15 is 0 Å². The van der Waals surface area contributed by atoms with E-state index in [4.69, 9.17) is 18.0 Å². The van der Waals surface area contributed by atoms with E-state index in [0.29, 0.717) is 10.9 Å². The van der Waals surface area contributed by atoms with Gasteiger partial charge in [-0.05, 0) is 37.0 Å². The minimum absolute atomic E-state index is 0.469. The van der Waals surface area contributed by atoms with Gasteiger partial charge in [-0.15, -0.1) is 0 Å². The number of rotatable bonds is 5. The predicted octanol–water partition coefficient (Wildman–Crippen LogP) is 3.11. The van der Waals surface area contributed by atoms with Crippen molar-refractivity contribution >= 4 is 22.9 Å². The molecule has 0 aliphatic heterocycles. The molecule has 1 rings (SSSR count). The number of benzene rings is 1. The summed E-state index contributed by atoms with van der Waals surface area (Å²) in [7, 11) is 2.10.